The van der Waals surface area contributed by atoms with E-state index < -0.39 is 6.04 Å². The zero-order valence-corrected chi connectivity index (χ0v) is 15.7. The predicted octanol–water partition coefficient (Wildman–Crippen LogP) is 3.08. The maximum atomic E-state index is 11.5. The molecule has 0 aliphatic heterocycles. The summed E-state index contributed by atoms with van der Waals surface area (Å²) in [5, 5.41) is 2.75. The highest BCUT2D eigenvalue weighted by molar-refractivity contribution is 5.85. The first kappa shape index (κ1) is 23.0. The van der Waals surface area contributed by atoms with Crippen LogP contribution in [-0.4, -0.2) is 23.5 Å². The minimum Gasteiger partial charge on any atom is -0.494 e. The van der Waals surface area contributed by atoms with Crippen molar-refractivity contribution >= 4 is 30.7 Å². The summed E-state index contributed by atoms with van der Waals surface area (Å²) in [7, 11) is 0. The zero-order valence-electron chi connectivity index (χ0n) is 14.1. The van der Waals surface area contributed by atoms with Gasteiger partial charge in [-0.25, -0.2) is 4.98 Å². The van der Waals surface area contributed by atoms with E-state index in [1.165, 1.54) is 0 Å². The molecule has 0 aliphatic rings. The summed E-state index contributed by atoms with van der Waals surface area (Å²) in [4.78, 5) is 15.6. The van der Waals surface area contributed by atoms with Crippen LogP contribution in [0.3, 0.4) is 0 Å². The maximum Gasteiger partial charge on any atom is 0.236 e. The second-order valence-corrected chi connectivity index (χ2v) is 5.02. The quantitative estimate of drug-likeness (QED) is 0.761. The molecule has 1 atom stereocenters. The number of nitrogens with zero attached hydrogens (tertiary/aromatic N) is 1. The third-order valence-corrected chi connectivity index (χ3v) is 3.04. The first-order valence-corrected chi connectivity index (χ1v) is 7.47. The molecule has 138 valence electrons. The van der Waals surface area contributed by atoms with Crippen LogP contribution >= 0.6 is 24.8 Å². The minimum absolute atomic E-state index is 0. The molecule has 1 aromatic heterocycles. The Bertz CT molecular complexity index is 652. The molecular formula is C17H23Cl2N3O3. The van der Waals surface area contributed by atoms with Crippen molar-refractivity contribution in [3.63, 3.8) is 0 Å². The average molecular weight is 388 g/mol. The van der Waals surface area contributed by atoms with E-state index in [9.17, 15) is 4.79 Å². The van der Waals surface area contributed by atoms with Gasteiger partial charge in [0.1, 0.15) is 11.5 Å². The number of benzene rings is 1. The Morgan fingerprint density at radius 1 is 1.20 bits per heavy atom. The number of hydrogen-bond donors (Lipinski definition) is 2. The highest BCUT2D eigenvalue weighted by Crippen LogP contribution is 2.23. The molecule has 1 amide bonds. The lowest BCUT2D eigenvalue weighted by Crippen LogP contribution is -2.37. The van der Waals surface area contributed by atoms with Crippen molar-refractivity contribution < 1.29 is 14.3 Å². The van der Waals surface area contributed by atoms with E-state index in [0.29, 0.717) is 24.8 Å². The maximum absolute atomic E-state index is 11.5. The summed E-state index contributed by atoms with van der Waals surface area (Å²) in [5.74, 6) is 1.72. The Morgan fingerprint density at radius 3 is 2.44 bits per heavy atom. The highest BCUT2D eigenvalue weighted by atomic mass is 35.5. The van der Waals surface area contributed by atoms with Crippen LogP contribution in [0.5, 0.6) is 17.4 Å². The van der Waals surface area contributed by atoms with Gasteiger partial charge in [0.2, 0.25) is 11.8 Å². The van der Waals surface area contributed by atoms with E-state index in [4.69, 9.17) is 15.2 Å². The van der Waals surface area contributed by atoms with Gasteiger partial charge in [-0.05, 0) is 49.7 Å². The number of halogens is 2. The van der Waals surface area contributed by atoms with Gasteiger partial charge in [-0.2, -0.15) is 0 Å². The fourth-order valence-electron chi connectivity index (χ4n) is 1.86. The SMILES string of the molecule is CCOc1ccc(Oc2cc(CNC(=O)[C@@H](C)N)ccn2)cc1.Cl.Cl. The smallest absolute Gasteiger partial charge is 0.236 e. The van der Waals surface area contributed by atoms with E-state index in [1.54, 1.807) is 19.2 Å². The lowest BCUT2D eigenvalue weighted by atomic mass is 10.2. The van der Waals surface area contributed by atoms with Crippen LogP contribution in [0.25, 0.3) is 0 Å². The van der Waals surface area contributed by atoms with Crippen LogP contribution < -0.4 is 20.5 Å². The number of carbonyl (C=O) groups excluding carboxylic acids is 1. The normalized spacial score (nSPS) is 10.7. The van der Waals surface area contributed by atoms with Crippen molar-refractivity contribution in [2.24, 2.45) is 5.73 Å². The third-order valence-electron chi connectivity index (χ3n) is 3.04. The number of carbonyl (C=O) groups is 1. The summed E-state index contributed by atoms with van der Waals surface area (Å²) in [6.45, 7) is 4.58. The number of aromatic nitrogens is 1. The van der Waals surface area contributed by atoms with E-state index in [1.807, 2.05) is 37.3 Å². The van der Waals surface area contributed by atoms with Gasteiger partial charge in [0.25, 0.3) is 0 Å². The van der Waals surface area contributed by atoms with Crippen molar-refractivity contribution in [1.29, 1.82) is 0 Å². The van der Waals surface area contributed by atoms with Crippen molar-refractivity contribution in [3.05, 3.63) is 48.2 Å². The van der Waals surface area contributed by atoms with Crippen molar-refractivity contribution in [2.75, 3.05) is 6.61 Å². The van der Waals surface area contributed by atoms with Gasteiger partial charge in [-0.1, -0.05) is 0 Å². The molecule has 0 fully saturated rings. The molecule has 0 aliphatic carbocycles. The first-order valence-electron chi connectivity index (χ1n) is 7.47. The van der Waals surface area contributed by atoms with Crippen LogP contribution in [0.1, 0.15) is 19.4 Å². The second kappa shape index (κ2) is 11.5. The highest BCUT2D eigenvalue weighted by Gasteiger charge is 2.07. The molecule has 0 saturated carbocycles. The van der Waals surface area contributed by atoms with Gasteiger partial charge in [-0.3, -0.25) is 4.79 Å². The Labute approximate surface area is 159 Å². The zero-order chi connectivity index (χ0) is 16.7. The molecule has 2 aromatic rings. The Hall–Kier alpha value is -2.02. The van der Waals surface area contributed by atoms with Crippen LogP contribution in [0, 0.1) is 0 Å². The lowest BCUT2D eigenvalue weighted by molar-refractivity contribution is -0.122. The van der Waals surface area contributed by atoms with Crippen molar-refractivity contribution in [1.82, 2.24) is 10.3 Å². The number of amides is 1. The Kier molecular flexibility index (Phi) is 10.6. The standard InChI is InChI=1S/C17H21N3O3.2ClH/c1-3-22-14-4-6-15(7-5-14)23-16-10-13(8-9-19-16)11-20-17(21)12(2)18;;/h4-10,12H,3,11,18H2,1-2H3,(H,20,21);2*1H/t12-;;/m1../s1. The second-order valence-electron chi connectivity index (χ2n) is 5.02. The van der Waals surface area contributed by atoms with E-state index in [-0.39, 0.29) is 30.7 Å². The molecule has 2 rings (SSSR count). The molecule has 1 aromatic carbocycles. The molecular weight excluding hydrogens is 365 g/mol. The van der Waals surface area contributed by atoms with Gasteiger partial charge in [0, 0.05) is 18.8 Å². The molecule has 0 bridgehead atoms. The van der Waals surface area contributed by atoms with Gasteiger partial charge < -0.3 is 20.5 Å². The number of hydrogen-bond acceptors (Lipinski definition) is 5. The fourth-order valence-corrected chi connectivity index (χ4v) is 1.86. The molecule has 0 spiro atoms. The topological polar surface area (TPSA) is 86.5 Å². The molecule has 8 heteroatoms. The van der Waals surface area contributed by atoms with E-state index in [0.717, 1.165) is 11.3 Å². The van der Waals surface area contributed by atoms with Gasteiger partial charge >= 0.3 is 0 Å². The van der Waals surface area contributed by atoms with E-state index >= 15 is 0 Å². The van der Waals surface area contributed by atoms with Crippen molar-refractivity contribution in [3.8, 4) is 17.4 Å². The molecule has 1 heterocycles. The number of nitrogens with two attached hydrogens (primary N) is 1. The molecule has 0 saturated heterocycles. The molecule has 3 N–H and O–H groups in total. The summed E-state index contributed by atoms with van der Waals surface area (Å²) in [6.07, 6.45) is 1.64. The molecule has 25 heavy (non-hydrogen) atoms. The van der Waals surface area contributed by atoms with E-state index in [2.05, 4.69) is 10.3 Å². The average Bonchev–Trinajstić information content (AvgIpc) is 2.55. The lowest BCUT2D eigenvalue weighted by Gasteiger charge is -2.10. The summed E-state index contributed by atoms with van der Waals surface area (Å²) >= 11 is 0. The molecule has 0 unspecified atom stereocenters. The largest absolute Gasteiger partial charge is 0.494 e. The summed E-state index contributed by atoms with van der Waals surface area (Å²) < 4.78 is 11.1. The van der Waals surface area contributed by atoms with Crippen LogP contribution in [0.2, 0.25) is 0 Å². The fraction of sp³-hybridized carbons (Fsp3) is 0.294. The van der Waals surface area contributed by atoms with Crippen LogP contribution in [-0.2, 0) is 11.3 Å². The van der Waals surface area contributed by atoms with Gasteiger partial charge in [0.15, 0.2) is 0 Å². The number of nitrogens with one attached hydrogen (secondary N) is 1. The number of ether oxygens (including phenoxy) is 2. The van der Waals surface area contributed by atoms with Crippen LogP contribution in [0.15, 0.2) is 42.6 Å². The predicted molar refractivity (Wildman–Crippen MR) is 102 cm³/mol. The number of pyridine rings is 1. The van der Waals surface area contributed by atoms with Gasteiger partial charge in [0.05, 0.1) is 12.6 Å². The summed E-state index contributed by atoms with van der Waals surface area (Å²) in [5.41, 5.74) is 6.39. The van der Waals surface area contributed by atoms with Crippen LogP contribution in [0.4, 0.5) is 0 Å². The van der Waals surface area contributed by atoms with Crippen molar-refractivity contribution in [2.45, 2.75) is 26.4 Å². The first-order chi connectivity index (χ1) is 11.1. The molecule has 0 radical (unpaired) electrons. The molecule has 6 nitrogen and oxygen atoms in total. The Balaban J connectivity index is 0.00000288. The Morgan fingerprint density at radius 2 is 1.84 bits per heavy atom. The monoisotopic (exact) mass is 387 g/mol. The minimum atomic E-state index is -0.531. The number of rotatable bonds is 7. The van der Waals surface area contributed by atoms with Gasteiger partial charge in [-0.15, -0.1) is 24.8 Å². The summed E-state index contributed by atoms with van der Waals surface area (Å²) in [6, 6.07) is 10.4. The third kappa shape index (κ3) is 7.60.